The molecule has 1 aliphatic heterocycles. The second-order valence-electron chi connectivity index (χ2n) is 6.37. The fourth-order valence-electron chi connectivity index (χ4n) is 3.11. The molecule has 1 aromatic carbocycles. The zero-order valence-corrected chi connectivity index (χ0v) is 15.1. The van der Waals surface area contributed by atoms with Crippen LogP contribution in [0.3, 0.4) is 0 Å². The van der Waals surface area contributed by atoms with Gasteiger partial charge in [-0.25, -0.2) is 9.50 Å². The number of nitrogens with one attached hydrogen (secondary N) is 1. The van der Waals surface area contributed by atoms with Crippen LogP contribution in [0.15, 0.2) is 53.8 Å². The van der Waals surface area contributed by atoms with Gasteiger partial charge < -0.3 is 10.2 Å². The minimum Gasteiger partial charge on any atom is -0.381 e. The number of benzene rings is 1. The number of fused-ring (bicyclic) bond motifs is 1. The van der Waals surface area contributed by atoms with Crippen LogP contribution in [0, 0.1) is 0 Å². The van der Waals surface area contributed by atoms with Gasteiger partial charge in [0, 0.05) is 53.4 Å². The summed E-state index contributed by atoms with van der Waals surface area (Å²) in [6.07, 6.45) is 8.41. The largest absolute Gasteiger partial charge is 0.381 e. The van der Waals surface area contributed by atoms with E-state index in [2.05, 4.69) is 44.6 Å². The molecule has 6 heteroatoms. The first kappa shape index (κ1) is 16.4. The van der Waals surface area contributed by atoms with Gasteiger partial charge in [0.1, 0.15) is 0 Å². The molecule has 1 fully saturated rings. The summed E-state index contributed by atoms with van der Waals surface area (Å²) in [7, 11) is 0. The van der Waals surface area contributed by atoms with E-state index in [0.717, 1.165) is 23.4 Å². The zero-order chi connectivity index (χ0) is 16.9. The Labute approximate surface area is 152 Å². The van der Waals surface area contributed by atoms with Crippen molar-refractivity contribution in [1.29, 1.82) is 0 Å². The van der Waals surface area contributed by atoms with Gasteiger partial charge in [0.25, 0.3) is 0 Å². The highest BCUT2D eigenvalue weighted by Gasteiger charge is 2.10. The maximum Gasteiger partial charge on any atom is 0.154 e. The van der Waals surface area contributed by atoms with E-state index in [-0.39, 0.29) is 0 Å². The van der Waals surface area contributed by atoms with Crippen LogP contribution >= 0.6 is 11.8 Å². The number of likely N-dealkylation sites (tertiary alicyclic amines) is 1. The summed E-state index contributed by atoms with van der Waals surface area (Å²) in [6, 6.07) is 10.6. The zero-order valence-electron chi connectivity index (χ0n) is 14.3. The van der Waals surface area contributed by atoms with E-state index >= 15 is 0 Å². The third-order valence-corrected chi connectivity index (χ3v) is 5.52. The standard InChI is InChI=1S/C19H23N5S/c1-2-10-23(9-1)11-12-25-18-5-3-17(4-6-18)20-13-16-14-21-19-7-8-22-24(19)15-16/h3-8,14-15,20H,1-2,9-13H2. The van der Waals surface area contributed by atoms with Crippen molar-refractivity contribution < 1.29 is 0 Å². The van der Waals surface area contributed by atoms with Gasteiger partial charge in [-0.2, -0.15) is 5.10 Å². The molecule has 0 spiro atoms. The molecular weight excluding hydrogens is 330 g/mol. The van der Waals surface area contributed by atoms with E-state index in [4.69, 9.17) is 0 Å². The first-order chi connectivity index (χ1) is 12.4. The first-order valence-corrected chi connectivity index (χ1v) is 9.83. The molecular formula is C19H23N5S. The molecule has 4 rings (SSSR count). The van der Waals surface area contributed by atoms with Crippen molar-refractivity contribution in [2.24, 2.45) is 0 Å². The van der Waals surface area contributed by atoms with E-state index < -0.39 is 0 Å². The summed E-state index contributed by atoms with van der Waals surface area (Å²) in [5, 5.41) is 7.67. The van der Waals surface area contributed by atoms with Crippen LogP contribution in [-0.2, 0) is 6.54 Å². The number of nitrogens with zero attached hydrogens (tertiary/aromatic N) is 4. The predicted molar refractivity (Wildman–Crippen MR) is 103 cm³/mol. The fraction of sp³-hybridized carbons (Fsp3) is 0.368. The quantitative estimate of drug-likeness (QED) is 0.659. The van der Waals surface area contributed by atoms with Gasteiger partial charge in [-0.1, -0.05) is 0 Å². The van der Waals surface area contributed by atoms with Crippen LogP contribution in [0.1, 0.15) is 18.4 Å². The third kappa shape index (κ3) is 4.32. The van der Waals surface area contributed by atoms with Crippen LogP contribution in [0.2, 0.25) is 0 Å². The second-order valence-corrected chi connectivity index (χ2v) is 7.54. The highest BCUT2D eigenvalue weighted by Crippen LogP contribution is 2.21. The molecule has 5 nitrogen and oxygen atoms in total. The lowest BCUT2D eigenvalue weighted by molar-refractivity contribution is 0.362. The summed E-state index contributed by atoms with van der Waals surface area (Å²) >= 11 is 1.94. The molecule has 3 heterocycles. The summed E-state index contributed by atoms with van der Waals surface area (Å²) in [5.41, 5.74) is 3.11. The Bertz CT molecular complexity index is 808. The number of hydrogen-bond acceptors (Lipinski definition) is 5. The molecule has 25 heavy (non-hydrogen) atoms. The predicted octanol–water partition coefficient (Wildman–Crippen LogP) is 3.53. The SMILES string of the molecule is c1cc2ncc(CNc3ccc(SCCN4CCCC4)cc3)cn2n1. The van der Waals surface area contributed by atoms with Gasteiger partial charge in [0.05, 0.1) is 6.20 Å². The lowest BCUT2D eigenvalue weighted by atomic mass is 10.3. The number of hydrogen-bond donors (Lipinski definition) is 1. The van der Waals surface area contributed by atoms with E-state index in [1.165, 1.54) is 43.1 Å². The molecule has 130 valence electrons. The van der Waals surface area contributed by atoms with Crippen molar-refractivity contribution in [2.75, 3.05) is 30.7 Å². The highest BCUT2D eigenvalue weighted by molar-refractivity contribution is 7.99. The van der Waals surface area contributed by atoms with Crippen LogP contribution in [0.5, 0.6) is 0 Å². The molecule has 1 saturated heterocycles. The summed E-state index contributed by atoms with van der Waals surface area (Å²) in [6.45, 7) is 4.50. The second kappa shape index (κ2) is 7.89. The van der Waals surface area contributed by atoms with Crippen LogP contribution in [0.25, 0.3) is 5.65 Å². The minimum absolute atomic E-state index is 0.740. The topological polar surface area (TPSA) is 45.5 Å². The van der Waals surface area contributed by atoms with Crippen molar-refractivity contribution in [3.05, 3.63) is 54.5 Å². The Balaban J connectivity index is 1.26. The monoisotopic (exact) mass is 353 g/mol. The first-order valence-electron chi connectivity index (χ1n) is 8.84. The Morgan fingerprint density at radius 1 is 1.08 bits per heavy atom. The Kier molecular flexibility index (Phi) is 5.18. The molecule has 0 amide bonds. The maximum atomic E-state index is 4.39. The van der Waals surface area contributed by atoms with E-state index in [0.29, 0.717) is 0 Å². The molecule has 0 radical (unpaired) electrons. The Morgan fingerprint density at radius 3 is 2.76 bits per heavy atom. The van der Waals surface area contributed by atoms with Gasteiger partial charge in [-0.3, -0.25) is 0 Å². The van der Waals surface area contributed by atoms with Crippen molar-refractivity contribution >= 4 is 23.1 Å². The number of thioether (sulfide) groups is 1. The van der Waals surface area contributed by atoms with E-state index in [1.807, 2.05) is 30.2 Å². The van der Waals surface area contributed by atoms with Crippen molar-refractivity contribution in [3.63, 3.8) is 0 Å². The summed E-state index contributed by atoms with van der Waals surface area (Å²) in [5.74, 6) is 1.17. The lowest BCUT2D eigenvalue weighted by Gasteiger charge is -2.13. The van der Waals surface area contributed by atoms with Gasteiger partial charge in [-0.05, 0) is 50.2 Å². The number of anilines is 1. The maximum absolute atomic E-state index is 4.39. The van der Waals surface area contributed by atoms with Gasteiger partial charge in [0.15, 0.2) is 5.65 Å². The van der Waals surface area contributed by atoms with Gasteiger partial charge >= 0.3 is 0 Å². The van der Waals surface area contributed by atoms with Gasteiger partial charge in [0.2, 0.25) is 0 Å². The van der Waals surface area contributed by atoms with E-state index in [9.17, 15) is 0 Å². The van der Waals surface area contributed by atoms with Gasteiger partial charge in [-0.15, -0.1) is 11.8 Å². The molecule has 2 aromatic heterocycles. The minimum atomic E-state index is 0.740. The van der Waals surface area contributed by atoms with Crippen LogP contribution in [-0.4, -0.2) is 44.9 Å². The van der Waals surface area contributed by atoms with Crippen molar-refractivity contribution in [2.45, 2.75) is 24.3 Å². The smallest absolute Gasteiger partial charge is 0.154 e. The third-order valence-electron chi connectivity index (χ3n) is 4.53. The van der Waals surface area contributed by atoms with E-state index in [1.54, 1.807) is 10.7 Å². The molecule has 0 bridgehead atoms. The molecule has 0 aliphatic carbocycles. The highest BCUT2D eigenvalue weighted by atomic mass is 32.2. The number of rotatable bonds is 7. The molecule has 1 N–H and O–H groups in total. The number of aromatic nitrogens is 3. The van der Waals surface area contributed by atoms with Crippen molar-refractivity contribution in [3.8, 4) is 0 Å². The normalized spacial score (nSPS) is 15.0. The van der Waals surface area contributed by atoms with Crippen LogP contribution in [0.4, 0.5) is 5.69 Å². The Morgan fingerprint density at radius 2 is 1.92 bits per heavy atom. The van der Waals surface area contributed by atoms with Crippen LogP contribution < -0.4 is 5.32 Å². The Hall–Kier alpha value is -2.05. The molecule has 0 atom stereocenters. The lowest BCUT2D eigenvalue weighted by Crippen LogP contribution is -2.21. The molecule has 0 unspecified atom stereocenters. The van der Waals surface area contributed by atoms with Crippen molar-refractivity contribution in [1.82, 2.24) is 19.5 Å². The fourth-order valence-corrected chi connectivity index (χ4v) is 4.03. The summed E-state index contributed by atoms with van der Waals surface area (Å²) < 4.78 is 1.80. The average molecular weight is 353 g/mol. The molecule has 3 aromatic rings. The average Bonchev–Trinajstić information content (AvgIpc) is 3.32. The molecule has 1 aliphatic rings. The summed E-state index contributed by atoms with van der Waals surface area (Å²) in [4.78, 5) is 8.29. The molecule has 0 saturated carbocycles.